The normalized spacial score (nSPS) is 13.3. The van der Waals surface area contributed by atoms with E-state index in [1.165, 1.54) is 0 Å². The SMILES string of the molecule is CCS(=O)(=O)CCCOc1ccccc1C(C)N. The van der Waals surface area contributed by atoms with Crippen molar-refractivity contribution in [1.82, 2.24) is 0 Å². The molecule has 0 radical (unpaired) electrons. The highest BCUT2D eigenvalue weighted by Gasteiger charge is 2.09. The van der Waals surface area contributed by atoms with Gasteiger partial charge in [-0.1, -0.05) is 25.1 Å². The average Bonchev–Trinajstić information content (AvgIpc) is 2.35. The summed E-state index contributed by atoms with van der Waals surface area (Å²) in [7, 11) is -2.91. The fourth-order valence-corrected chi connectivity index (χ4v) is 2.44. The largest absolute Gasteiger partial charge is 0.493 e. The topological polar surface area (TPSA) is 69.4 Å². The molecule has 5 heteroatoms. The number of hydrogen-bond acceptors (Lipinski definition) is 4. The highest BCUT2D eigenvalue weighted by atomic mass is 32.2. The molecule has 0 aliphatic carbocycles. The van der Waals surface area contributed by atoms with Crippen LogP contribution in [0, 0.1) is 0 Å². The van der Waals surface area contributed by atoms with E-state index < -0.39 is 9.84 Å². The van der Waals surface area contributed by atoms with Gasteiger partial charge in [-0.25, -0.2) is 8.42 Å². The molecule has 0 heterocycles. The van der Waals surface area contributed by atoms with Crippen molar-refractivity contribution < 1.29 is 13.2 Å². The van der Waals surface area contributed by atoms with Crippen molar-refractivity contribution in [1.29, 1.82) is 0 Å². The van der Waals surface area contributed by atoms with Gasteiger partial charge in [-0.3, -0.25) is 0 Å². The molecule has 0 bridgehead atoms. The first kappa shape index (κ1) is 15.0. The van der Waals surface area contributed by atoms with Gasteiger partial charge in [0, 0.05) is 17.4 Å². The van der Waals surface area contributed by atoms with Crippen LogP contribution in [0.5, 0.6) is 5.75 Å². The van der Waals surface area contributed by atoms with E-state index in [0.717, 1.165) is 11.3 Å². The minimum absolute atomic E-state index is 0.0967. The Hall–Kier alpha value is -1.07. The third-order valence-electron chi connectivity index (χ3n) is 2.71. The Kier molecular flexibility index (Phi) is 5.62. The third kappa shape index (κ3) is 4.66. The van der Waals surface area contributed by atoms with Crippen LogP contribution in [-0.4, -0.2) is 26.5 Å². The van der Waals surface area contributed by atoms with Crippen molar-refractivity contribution in [2.75, 3.05) is 18.1 Å². The van der Waals surface area contributed by atoms with Gasteiger partial charge in [-0.2, -0.15) is 0 Å². The van der Waals surface area contributed by atoms with Gasteiger partial charge in [-0.15, -0.1) is 0 Å². The lowest BCUT2D eigenvalue weighted by Gasteiger charge is -2.13. The van der Waals surface area contributed by atoms with E-state index in [-0.39, 0.29) is 17.5 Å². The van der Waals surface area contributed by atoms with Crippen molar-refractivity contribution in [3.8, 4) is 5.75 Å². The Morgan fingerprint density at radius 1 is 1.33 bits per heavy atom. The maximum Gasteiger partial charge on any atom is 0.150 e. The van der Waals surface area contributed by atoms with E-state index >= 15 is 0 Å². The van der Waals surface area contributed by atoms with Gasteiger partial charge in [-0.05, 0) is 19.4 Å². The second-order valence-corrected chi connectivity index (χ2v) is 6.74. The summed E-state index contributed by atoms with van der Waals surface area (Å²) in [6, 6.07) is 7.47. The highest BCUT2D eigenvalue weighted by Crippen LogP contribution is 2.23. The minimum atomic E-state index is -2.91. The molecule has 0 spiro atoms. The standard InChI is InChI=1S/C13H21NO3S/c1-3-18(15,16)10-6-9-17-13-8-5-4-7-12(13)11(2)14/h4-5,7-8,11H,3,6,9-10,14H2,1-2H3. The molecule has 0 fully saturated rings. The van der Waals surface area contributed by atoms with Crippen LogP contribution < -0.4 is 10.5 Å². The smallest absolute Gasteiger partial charge is 0.150 e. The zero-order valence-corrected chi connectivity index (χ0v) is 11.7. The molecule has 4 nitrogen and oxygen atoms in total. The molecule has 0 saturated heterocycles. The molecule has 1 atom stereocenters. The zero-order valence-electron chi connectivity index (χ0n) is 10.9. The first-order valence-corrected chi connectivity index (χ1v) is 7.96. The number of hydrogen-bond donors (Lipinski definition) is 1. The van der Waals surface area contributed by atoms with Crippen LogP contribution in [-0.2, 0) is 9.84 Å². The Balaban J connectivity index is 2.50. The summed E-state index contributed by atoms with van der Waals surface area (Å²) < 4.78 is 28.2. The number of para-hydroxylation sites is 1. The molecule has 1 rings (SSSR count). The van der Waals surface area contributed by atoms with Crippen molar-refractivity contribution in [3.63, 3.8) is 0 Å². The van der Waals surface area contributed by atoms with Crippen LogP contribution in [0.15, 0.2) is 24.3 Å². The van der Waals surface area contributed by atoms with Crippen LogP contribution in [0.25, 0.3) is 0 Å². The molecule has 18 heavy (non-hydrogen) atoms. The quantitative estimate of drug-likeness (QED) is 0.769. The molecule has 1 aromatic carbocycles. The van der Waals surface area contributed by atoms with Crippen LogP contribution in [0.4, 0.5) is 0 Å². The lowest BCUT2D eigenvalue weighted by molar-refractivity contribution is 0.313. The third-order valence-corrected chi connectivity index (χ3v) is 4.50. The molecule has 0 saturated carbocycles. The molecule has 1 unspecified atom stereocenters. The Bertz CT molecular complexity index is 469. The molecule has 2 N–H and O–H groups in total. The van der Waals surface area contributed by atoms with Gasteiger partial charge in [0.2, 0.25) is 0 Å². The fourth-order valence-electron chi connectivity index (χ4n) is 1.59. The Labute approximate surface area is 109 Å². The predicted molar refractivity (Wildman–Crippen MR) is 73.5 cm³/mol. The fraction of sp³-hybridized carbons (Fsp3) is 0.538. The lowest BCUT2D eigenvalue weighted by atomic mass is 10.1. The summed E-state index contributed by atoms with van der Waals surface area (Å²) in [6.07, 6.45) is 0.503. The summed E-state index contributed by atoms with van der Waals surface area (Å²) in [5.41, 5.74) is 6.77. The monoisotopic (exact) mass is 271 g/mol. The average molecular weight is 271 g/mol. The molecule has 0 amide bonds. The maximum absolute atomic E-state index is 11.3. The number of benzene rings is 1. The van der Waals surface area contributed by atoms with Gasteiger partial charge >= 0.3 is 0 Å². The second-order valence-electron chi connectivity index (χ2n) is 4.26. The molecular formula is C13H21NO3S. The molecule has 0 aromatic heterocycles. The summed E-state index contributed by atoms with van der Waals surface area (Å²) in [4.78, 5) is 0. The first-order chi connectivity index (χ1) is 8.46. The molecular weight excluding hydrogens is 250 g/mol. The summed E-state index contributed by atoms with van der Waals surface area (Å²) in [6.45, 7) is 3.94. The van der Waals surface area contributed by atoms with E-state index in [0.29, 0.717) is 13.0 Å². The van der Waals surface area contributed by atoms with E-state index in [4.69, 9.17) is 10.5 Å². The van der Waals surface area contributed by atoms with Crippen molar-refractivity contribution in [2.45, 2.75) is 26.3 Å². The van der Waals surface area contributed by atoms with Crippen LogP contribution >= 0.6 is 0 Å². The van der Waals surface area contributed by atoms with Gasteiger partial charge in [0.05, 0.1) is 12.4 Å². The number of sulfone groups is 1. The van der Waals surface area contributed by atoms with Crippen molar-refractivity contribution in [2.24, 2.45) is 5.73 Å². The molecule has 0 aliphatic rings. The van der Waals surface area contributed by atoms with E-state index in [9.17, 15) is 8.42 Å². The van der Waals surface area contributed by atoms with E-state index in [1.54, 1.807) is 6.92 Å². The Morgan fingerprint density at radius 2 is 2.00 bits per heavy atom. The summed E-state index contributed by atoms with van der Waals surface area (Å²) in [5.74, 6) is 1.09. The number of ether oxygens (including phenoxy) is 1. The Morgan fingerprint density at radius 3 is 2.61 bits per heavy atom. The lowest BCUT2D eigenvalue weighted by Crippen LogP contribution is -2.13. The number of nitrogens with two attached hydrogens (primary N) is 1. The minimum Gasteiger partial charge on any atom is -0.493 e. The predicted octanol–water partition coefficient (Wildman–Crippen LogP) is 1.91. The first-order valence-electron chi connectivity index (χ1n) is 6.14. The van der Waals surface area contributed by atoms with Crippen LogP contribution in [0.1, 0.15) is 31.9 Å². The molecule has 1 aromatic rings. The maximum atomic E-state index is 11.3. The van der Waals surface area contributed by atoms with Crippen LogP contribution in [0.3, 0.4) is 0 Å². The molecule has 102 valence electrons. The number of rotatable bonds is 7. The van der Waals surface area contributed by atoms with E-state index in [1.807, 2.05) is 31.2 Å². The van der Waals surface area contributed by atoms with Crippen molar-refractivity contribution >= 4 is 9.84 Å². The van der Waals surface area contributed by atoms with Crippen molar-refractivity contribution in [3.05, 3.63) is 29.8 Å². The second kappa shape index (κ2) is 6.75. The van der Waals surface area contributed by atoms with Gasteiger partial charge in [0.15, 0.2) is 0 Å². The zero-order chi connectivity index (χ0) is 13.6. The van der Waals surface area contributed by atoms with Gasteiger partial charge in [0.25, 0.3) is 0 Å². The van der Waals surface area contributed by atoms with E-state index in [2.05, 4.69) is 0 Å². The van der Waals surface area contributed by atoms with Crippen LogP contribution in [0.2, 0.25) is 0 Å². The highest BCUT2D eigenvalue weighted by molar-refractivity contribution is 7.91. The van der Waals surface area contributed by atoms with Gasteiger partial charge < -0.3 is 10.5 Å². The summed E-state index contributed by atoms with van der Waals surface area (Å²) >= 11 is 0. The van der Waals surface area contributed by atoms with Gasteiger partial charge in [0.1, 0.15) is 15.6 Å². The summed E-state index contributed by atoms with van der Waals surface area (Å²) in [5, 5.41) is 0. The molecule has 0 aliphatic heterocycles.